The fourth-order valence-electron chi connectivity index (χ4n) is 4.71. The molecule has 9 heteroatoms. The lowest BCUT2D eigenvalue weighted by atomic mass is 9.90. The van der Waals surface area contributed by atoms with E-state index in [1.54, 1.807) is 12.3 Å². The molecule has 7 nitrogen and oxygen atoms in total. The summed E-state index contributed by atoms with van der Waals surface area (Å²) in [4.78, 5) is 29.3. The number of benzene rings is 2. The molecule has 0 radical (unpaired) electrons. The molecule has 37 heavy (non-hydrogen) atoms. The summed E-state index contributed by atoms with van der Waals surface area (Å²) in [6, 6.07) is 7.81. The van der Waals surface area contributed by atoms with Gasteiger partial charge in [0.05, 0.1) is 27.8 Å². The van der Waals surface area contributed by atoms with Gasteiger partial charge in [0.15, 0.2) is 17.3 Å². The third kappa shape index (κ3) is 5.86. The van der Waals surface area contributed by atoms with Crippen molar-refractivity contribution < 1.29 is 19.1 Å². The average molecular weight is 527 g/mol. The maximum Gasteiger partial charge on any atom is 0.237 e. The second-order valence-electron chi connectivity index (χ2n) is 10.1. The van der Waals surface area contributed by atoms with E-state index in [9.17, 15) is 19.1 Å². The van der Waals surface area contributed by atoms with Crippen molar-refractivity contribution in [3.63, 3.8) is 0 Å². The van der Waals surface area contributed by atoms with Gasteiger partial charge in [0.1, 0.15) is 0 Å². The third-order valence-corrected chi connectivity index (χ3v) is 7.33. The van der Waals surface area contributed by atoms with Crippen LogP contribution < -0.4 is 16.4 Å². The number of halogens is 2. The highest BCUT2D eigenvalue weighted by Crippen LogP contribution is 2.36. The number of pyridine rings is 1. The molecule has 0 aliphatic heterocycles. The summed E-state index contributed by atoms with van der Waals surface area (Å²) in [5.41, 5.74) is 8.99. The fraction of sp³-hybridized carbons (Fsp3) is 0.393. The molecule has 1 unspecified atom stereocenters. The SMILES string of the molecule is CC(=O)c1cnc2ccc(-c3cc(F)c(O)c(Cl)c3)cc2c1NC1CCC(NC(=O)C(N)C(C)C)CC1. The zero-order chi connectivity index (χ0) is 26.9. The van der Waals surface area contributed by atoms with Crippen LogP contribution in [0.2, 0.25) is 5.02 Å². The van der Waals surface area contributed by atoms with E-state index in [2.05, 4.69) is 15.6 Å². The average Bonchev–Trinajstić information content (AvgIpc) is 2.87. The molecular weight excluding hydrogens is 495 g/mol. The van der Waals surface area contributed by atoms with Gasteiger partial charge in [0.25, 0.3) is 0 Å². The number of carbonyl (C=O) groups is 2. The van der Waals surface area contributed by atoms with Crippen LogP contribution >= 0.6 is 11.6 Å². The molecule has 196 valence electrons. The molecule has 0 bridgehead atoms. The zero-order valence-corrected chi connectivity index (χ0v) is 21.9. The van der Waals surface area contributed by atoms with Crippen LogP contribution in [0.1, 0.15) is 56.8 Å². The monoisotopic (exact) mass is 526 g/mol. The van der Waals surface area contributed by atoms with Gasteiger partial charge < -0.3 is 21.5 Å². The number of carbonyl (C=O) groups excluding carboxylic acids is 2. The lowest BCUT2D eigenvalue weighted by Crippen LogP contribution is -2.49. The minimum absolute atomic E-state index is 0.0672. The highest BCUT2D eigenvalue weighted by Gasteiger charge is 2.26. The van der Waals surface area contributed by atoms with Crippen molar-refractivity contribution in [2.75, 3.05) is 5.32 Å². The maximum atomic E-state index is 14.2. The predicted octanol–water partition coefficient (Wildman–Crippen LogP) is 5.43. The van der Waals surface area contributed by atoms with Crippen LogP contribution in [-0.2, 0) is 4.79 Å². The first-order valence-corrected chi connectivity index (χ1v) is 12.9. The Hall–Kier alpha value is -3.23. The van der Waals surface area contributed by atoms with Crippen molar-refractivity contribution >= 4 is 39.9 Å². The van der Waals surface area contributed by atoms with Crippen LogP contribution in [0.3, 0.4) is 0 Å². The first-order valence-electron chi connectivity index (χ1n) is 12.5. The number of phenols is 1. The van der Waals surface area contributed by atoms with Crippen molar-refractivity contribution in [2.45, 2.75) is 64.6 Å². The normalized spacial score (nSPS) is 18.6. The molecule has 4 rings (SSSR count). The van der Waals surface area contributed by atoms with Gasteiger partial charge in [-0.1, -0.05) is 31.5 Å². The number of nitrogens with two attached hydrogens (primary N) is 1. The summed E-state index contributed by atoms with van der Waals surface area (Å²) in [6.07, 6.45) is 4.78. The van der Waals surface area contributed by atoms with Gasteiger partial charge in [-0.15, -0.1) is 0 Å². The molecule has 0 spiro atoms. The standard InChI is InChI=1S/C28H32ClFN4O3/c1-14(2)25(31)28(37)34-19-7-5-18(6-8-19)33-26-20-10-16(17-11-22(29)27(36)23(30)12-17)4-9-24(20)32-13-21(26)15(3)35/h4,9-14,18-19,25,36H,5-8,31H2,1-3H3,(H,32,33)(H,34,37). The number of hydrogen-bond donors (Lipinski definition) is 4. The summed E-state index contributed by atoms with van der Waals surface area (Å²) in [7, 11) is 0. The van der Waals surface area contributed by atoms with Crippen molar-refractivity contribution in [2.24, 2.45) is 11.7 Å². The molecular formula is C28H32ClFN4O3. The Bertz CT molecular complexity index is 1320. The Kier molecular flexibility index (Phi) is 7.99. The Morgan fingerprint density at radius 1 is 1.11 bits per heavy atom. The molecule has 1 amide bonds. The topological polar surface area (TPSA) is 117 Å². The number of nitrogens with one attached hydrogen (secondary N) is 2. The van der Waals surface area contributed by atoms with E-state index in [-0.39, 0.29) is 34.7 Å². The number of Topliss-reactive ketones (excluding diaryl/α,β-unsaturated/α-hetero) is 1. The number of rotatable bonds is 7. The minimum atomic E-state index is -0.810. The van der Waals surface area contributed by atoms with E-state index in [1.165, 1.54) is 19.1 Å². The highest BCUT2D eigenvalue weighted by atomic mass is 35.5. The van der Waals surface area contributed by atoms with Gasteiger partial charge >= 0.3 is 0 Å². The maximum absolute atomic E-state index is 14.2. The second kappa shape index (κ2) is 11.0. The number of phenolic OH excluding ortho intramolecular Hbond substituents is 1. The largest absolute Gasteiger partial charge is 0.504 e. The van der Waals surface area contributed by atoms with Crippen LogP contribution in [0.25, 0.3) is 22.0 Å². The minimum Gasteiger partial charge on any atom is -0.504 e. The van der Waals surface area contributed by atoms with Crippen molar-refractivity contribution in [3.8, 4) is 16.9 Å². The first-order chi connectivity index (χ1) is 17.5. The summed E-state index contributed by atoms with van der Waals surface area (Å²) < 4.78 is 14.2. The molecule has 1 aromatic heterocycles. The van der Waals surface area contributed by atoms with E-state index >= 15 is 0 Å². The van der Waals surface area contributed by atoms with Gasteiger partial charge in [-0.25, -0.2) is 4.39 Å². The molecule has 5 N–H and O–H groups in total. The lowest BCUT2D eigenvalue weighted by Gasteiger charge is -2.32. The Morgan fingerprint density at radius 3 is 2.41 bits per heavy atom. The molecule has 1 aliphatic carbocycles. The van der Waals surface area contributed by atoms with Crippen molar-refractivity contribution in [1.82, 2.24) is 10.3 Å². The van der Waals surface area contributed by atoms with Gasteiger partial charge in [-0.3, -0.25) is 14.6 Å². The lowest BCUT2D eigenvalue weighted by molar-refractivity contribution is -0.124. The van der Waals surface area contributed by atoms with Gasteiger partial charge in [0, 0.05) is 23.7 Å². The molecule has 1 saturated carbocycles. The molecule has 2 aromatic carbocycles. The summed E-state index contributed by atoms with van der Waals surface area (Å²) in [5, 5.41) is 17.0. The van der Waals surface area contributed by atoms with E-state index < -0.39 is 17.6 Å². The first kappa shape index (κ1) is 26.8. The molecule has 1 heterocycles. The number of nitrogens with zero attached hydrogens (tertiary/aromatic N) is 1. The van der Waals surface area contributed by atoms with Crippen LogP contribution in [-0.4, -0.2) is 39.9 Å². The van der Waals surface area contributed by atoms with Crippen molar-refractivity contribution in [3.05, 3.63) is 52.9 Å². The molecule has 1 aliphatic rings. The Balaban J connectivity index is 1.60. The smallest absolute Gasteiger partial charge is 0.237 e. The van der Waals surface area contributed by atoms with Gasteiger partial charge in [0.2, 0.25) is 5.91 Å². The summed E-state index contributed by atoms with van der Waals surface area (Å²) in [5.74, 6) is -1.57. The van der Waals surface area contributed by atoms with Crippen LogP contribution in [0, 0.1) is 11.7 Å². The number of ketones is 1. The Labute approximate surface area is 220 Å². The molecule has 0 saturated heterocycles. The number of anilines is 1. The Morgan fingerprint density at radius 2 is 1.78 bits per heavy atom. The van der Waals surface area contributed by atoms with Crippen molar-refractivity contribution in [1.29, 1.82) is 0 Å². The van der Waals surface area contributed by atoms with Gasteiger partial charge in [-0.2, -0.15) is 0 Å². The quantitative estimate of drug-likeness (QED) is 0.305. The summed E-state index contributed by atoms with van der Waals surface area (Å²) >= 11 is 6.00. The number of aromatic nitrogens is 1. The van der Waals surface area contributed by atoms with Crippen LogP contribution in [0.15, 0.2) is 36.5 Å². The predicted molar refractivity (Wildman–Crippen MR) is 144 cm³/mol. The number of fused-ring (bicyclic) bond motifs is 1. The molecule has 3 aromatic rings. The van der Waals surface area contributed by atoms with E-state index in [0.717, 1.165) is 31.1 Å². The van der Waals surface area contributed by atoms with Crippen LogP contribution in [0.4, 0.5) is 10.1 Å². The summed E-state index contributed by atoms with van der Waals surface area (Å²) in [6.45, 7) is 5.35. The molecule has 1 atom stereocenters. The third-order valence-electron chi connectivity index (χ3n) is 7.04. The number of amides is 1. The second-order valence-corrected chi connectivity index (χ2v) is 10.5. The number of hydrogen-bond acceptors (Lipinski definition) is 6. The highest BCUT2D eigenvalue weighted by molar-refractivity contribution is 6.32. The van der Waals surface area contributed by atoms with E-state index in [4.69, 9.17) is 17.3 Å². The number of aromatic hydroxyl groups is 1. The fourth-order valence-corrected chi connectivity index (χ4v) is 4.92. The zero-order valence-electron chi connectivity index (χ0n) is 21.1. The van der Waals surface area contributed by atoms with Gasteiger partial charge in [-0.05, 0) is 73.9 Å². The van der Waals surface area contributed by atoms with E-state index in [1.807, 2.05) is 26.0 Å². The van der Waals surface area contributed by atoms with E-state index in [0.29, 0.717) is 27.9 Å². The van der Waals surface area contributed by atoms with Crippen LogP contribution in [0.5, 0.6) is 5.75 Å². The molecule has 1 fully saturated rings.